The van der Waals surface area contributed by atoms with Crippen LogP contribution in [0.3, 0.4) is 0 Å². The van der Waals surface area contributed by atoms with Crippen molar-refractivity contribution >= 4 is 65.3 Å². The normalized spacial score (nSPS) is 14.4. The van der Waals surface area contributed by atoms with E-state index in [1.54, 1.807) is 27.7 Å². The lowest BCUT2D eigenvalue weighted by Crippen LogP contribution is -2.61. The first-order valence-corrected chi connectivity index (χ1v) is 18.9. The second kappa shape index (κ2) is 27.4. The number of nitrogens with two attached hydrogens (primary N) is 5. The van der Waals surface area contributed by atoms with E-state index in [0.29, 0.717) is 0 Å². The number of guanidine groups is 2. The predicted octanol–water partition coefficient (Wildman–Crippen LogP) is -5.94. The highest BCUT2D eigenvalue weighted by Crippen LogP contribution is 2.11. The number of aliphatic hydroxyl groups excluding tert-OH is 1. The quantitative estimate of drug-likeness (QED) is 0.0189. The van der Waals surface area contributed by atoms with E-state index in [1.165, 1.54) is 0 Å². The molecule has 0 bridgehead atoms. The number of carbonyl (C=O) groups is 9. The highest BCUT2D eigenvalue weighted by atomic mass is 16.4. The van der Waals surface area contributed by atoms with Crippen LogP contribution < -0.4 is 60.6 Å². The molecule has 0 aromatic heterocycles. The number of carboxylic acid groups (broad SMARTS) is 3. The zero-order valence-electron chi connectivity index (χ0n) is 34.0. The summed E-state index contributed by atoms with van der Waals surface area (Å²) in [4.78, 5) is 122. The van der Waals surface area contributed by atoms with E-state index < -0.39 is 121 Å². The van der Waals surface area contributed by atoms with Crippen molar-refractivity contribution in [1.82, 2.24) is 31.9 Å². The minimum atomic E-state index is -1.99. The number of aliphatic hydroxyl groups is 1. The van der Waals surface area contributed by atoms with Gasteiger partial charge in [0.15, 0.2) is 11.9 Å². The Morgan fingerprint density at radius 2 is 0.933 bits per heavy atom. The van der Waals surface area contributed by atoms with Gasteiger partial charge in [-0.05, 0) is 43.9 Å². The molecule has 0 heterocycles. The largest absolute Gasteiger partial charge is 0.481 e. The summed E-state index contributed by atoms with van der Waals surface area (Å²) in [5, 5.41) is 51.9. The molecule has 26 heteroatoms. The van der Waals surface area contributed by atoms with Gasteiger partial charge in [-0.3, -0.25) is 48.3 Å². The Balaban J connectivity index is 6.12. The molecule has 0 aliphatic rings. The predicted molar refractivity (Wildman–Crippen MR) is 213 cm³/mol. The first-order valence-electron chi connectivity index (χ1n) is 18.9. The van der Waals surface area contributed by atoms with Gasteiger partial charge in [0.25, 0.3) is 0 Å². The van der Waals surface area contributed by atoms with Crippen LogP contribution in [0.1, 0.15) is 72.6 Å². The van der Waals surface area contributed by atoms with Crippen molar-refractivity contribution in [2.75, 3.05) is 19.7 Å². The third-order valence-electron chi connectivity index (χ3n) is 8.29. The maximum absolute atomic E-state index is 13.6. The molecule has 340 valence electrons. The van der Waals surface area contributed by atoms with Crippen molar-refractivity contribution in [3.8, 4) is 0 Å². The second-order valence-corrected chi connectivity index (χ2v) is 14.4. The van der Waals surface area contributed by atoms with Crippen LogP contribution in [0.2, 0.25) is 0 Å². The summed E-state index contributed by atoms with van der Waals surface area (Å²) in [7, 11) is 0. The summed E-state index contributed by atoms with van der Waals surface area (Å²) < 4.78 is 0. The standard InChI is InChI=1S/C34H61N13O13/c1-15(2)11-19(29(56)47-25(16(3)4)31(58)42-18(32(59)60)8-6-10-41-34(38)39)43-27(54)20(12-23(49)50)44-28(55)21(13-24(51)52)45-30(57)22(14-48)46-26(53)17(35)7-5-9-40-33(36)37/h15-22,25,48H,5-14,35H2,1-4H3,(H,42,58)(H,43,54)(H,44,55)(H,45,57)(H,46,53)(H,47,56)(H,49,50)(H,51,52)(H,59,60)(H4,36,37,40)(H4,38,39,41)/t17-,18-,19-,20-,21-,22-,25-/m0/s1. The molecule has 0 aromatic rings. The summed E-state index contributed by atoms with van der Waals surface area (Å²) in [6, 6.07) is -11.0. The van der Waals surface area contributed by atoms with Crippen molar-refractivity contribution in [3.63, 3.8) is 0 Å². The average Bonchev–Trinajstić information content (AvgIpc) is 3.13. The van der Waals surface area contributed by atoms with E-state index in [1.807, 2.05) is 5.32 Å². The van der Waals surface area contributed by atoms with Gasteiger partial charge < -0.3 is 81.0 Å². The highest BCUT2D eigenvalue weighted by molar-refractivity contribution is 5.99. The fraction of sp³-hybridized carbons (Fsp3) is 0.676. The fourth-order valence-corrected chi connectivity index (χ4v) is 5.22. The smallest absolute Gasteiger partial charge is 0.326 e. The SMILES string of the molecule is CC(C)C[C@H](NC(=O)[C@H](CC(=O)O)NC(=O)[C@H](CC(=O)O)NC(=O)[C@H](CO)NC(=O)[C@@H](N)CCCN=C(N)N)C(=O)N[C@H](C(=O)N[C@@H](CCCN=C(N)N)C(=O)O)C(C)C. The molecule has 7 atom stereocenters. The Labute approximate surface area is 345 Å². The Bertz CT molecular complexity index is 1570. The van der Waals surface area contributed by atoms with Crippen LogP contribution in [0.15, 0.2) is 9.98 Å². The molecule has 0 saturated carbocycles. The molecule has 20 N–H and O–H groups in total. The molecule has 0 aliphatic heterocycles. The summed E-state index contributed by atoms with van der Waals surface area (Å²) in [6.07, 6.45) is -1.82. The van der Waals surface area contributed by atoms with Crippen molar-refractivity contribution in [3.05, 3.63) is 0 Å². The lowest BCUT2D eigenvalue weighted by Gasteiger charge is -2.28. The number of aliphatic carboxylic acids is 3. The van der Waals surface area contributed by atoms with E-state index in [-0.39, 0.29) is 63.0 Å². The second-order valence-electron chi connectivity index (χ2n) is 14.4. The van der Waals surface area contributed by atoms with E-state index in [9.17, 15) is 63.6 Å². The van der Waals surface area contributed by atoms with E-state index in [2.05, 4.69) is 36.6 Å². The molecule has 0 radical (unpaired) electrons. The van der Waals surface area contributed by atoms with Crippen LogP contribution in [-0.4, -0.2) is 148 Å². The number of rotatable bonds is 29. The summed E-state index contributed by atoms with van der Waals surface area (Å²) in [6.45, 7) is 5.69. The van der Waals surface area contributed by atoms with E-state index >= 15 is 0 Å². The van der Waals surface area contributed by atoms with Gasteiger partial charge in [0.05, 0.1) is 25.5 Å². The number of carbonyl (C=O) groups excluding carboxylic acids is 6. The lowest BCUT2D eigenvalue weighted by atomic mass is 9.99. The monoisotopic (exact) mass is 859 g/mol. The number of amides is 6. The molecule has 0 unspecified atom stereocenters. The fourth-order valence-electron chi connectivity index (χ4n) is 5.22. The van der Waals surface area contributed by atoms with Crippen LogP contribution in [0, 0.1) is 11.8 Å². The van der Waals surface area contributed by atoms with E-state index in [4.69, 9.17) is 28.7 Å². The minimum Gasteiger partial charge on any atom is -0.481 e. The van der Waals surface area contributed by atoms with Crippen LogP contribution >= 0.6 is 0 Å². The Morgan fingerprint density at radius 1 is 0.533 bits per heavy atom. The Morgan fingerprint density at radius 3 is 1.33 bits per heavy atom. The van der Waals surface area contributed by atoms with Crippen LogP contribution in [0.25, 0.3) is 0 Å². The van der Waals surface area contributed by atoms with E-state index in [0.717, 1.165) is 0 Å². The van der Waals surface area contributed by atoms with Crippen molar-refractivity contribution in [2.45, 2.75) is 115 Å². The molecule has 26 nitrogen and oxygen atoms in total. The molecular weight excluding hydrogens is 798 g/mol. The summed E-state index contributed by atoms with van der Waals surface area (Å²) in [5.41, 5.74) is 26.9. The number of hydrogen-bond acceptors (Lipinski definition) is 13. The molecule has 6 amide bonds. The molecule has 0 aliphatic carbocycles. The van der Waals surface area contributed by atoms with Crippen LogP contribution in [-0.2, 0) is 43.2 Å². The highest BCUT2D eigenvalue weighted by Gasteiger charge is 2.35. The summed E-state index contributed by atoms with van der Waals surface area (Å²) >= 11 is 0. The number of nitrogens with one attached hydrogen (secondary N) is 6. The molecular formula is C34H61N13O13. The van der Waals surface area contributed by atoms with Gasteiger partial charge in [-0.25, -0.2) is 4.79 Å². The third kappa shape index (κ3) is 22.0. The Hall–Kier alpha value is -6.31. The van der Waals surface area contributed by atoms with Crippen molar-refractivity contribution in [1.29, 1.82) is 0 Å². The first kappa shape index (κ1) is 53.7. The first-order chi connectivity index (χ1) is 27.9. The number of aliphatic imine (C=N–C) groups is 2. The molecule has 0 fully saturated rings. The average molecular weight is 860 g/mol. The Kier molecular flexibility index (Phi) is 24.5. The van der Waals surface area contributed by atoms with Gasteiger partial charge in [0, 0.05) is 13.1 Å². The van der Waals surface area contributed by atoms with Crippen LogP contribution in [0.5, 0.6) is 0 Å². The molecule has 60 heavy (non-hydrogen) atoms. The number of nitrogens with zero attached hydrogens (tertiary/aromatic N) is 2. The summed E-state index contributed by atoms with van der Waals surface area (Å²) in [5.74, 6) is -12.4. The minimum absolute atomic E-state index is 0.0592. The third-order valence-corrected chi connectivity index (χ3v) is 8.29. The zero-order chi connectivity index (χ0) is 46.3. The number of carboxylic acids is 3. The molecule has 0 saturated heterocycles. The lowest BCUT2D eigenvalue weighted by molar-refractivity contribution is -0.144. The molecule has 0 spiro atoms. The molecule has 0 rings (SSSR count). The van der Waals surface area contributed by atoms with Gasteiger partial charge in [0.2, 0.25) is 35.4 Å². The number of hydrogen-bond donors (Lipinski definition) is 15. The van der Waals surface area contributed by atoms with Gasteiger partial charge >= 0.3 is 17.9 Å². The molecule has 0 aromatic carbocycles. The van der Waals surface area contributed by atoms with Gasteiger partial charge in [0.1, 0.15) is 36.3 Å². The maximum atomic E-state index is 13.6. The van der Waals surface area contributed by atoms with Gasteiger partial charge in [-0.1, -0.05) is 27.7 Å². The van der Waals surface area contributed by atoms with Gasteiger partial charge in [-0.2, -0.15) is 0 Å². The van der Waals surface area contributed by atoms with Crippen LogP contribution in [0.4, 0.5) is 0 Å². The van der Waals surface area contributed by atoms with Crippen molar-refractivity contribution in [2.24, 2.45) is 50.5 Å². The van der Waals surface area contributed by atoms with Gasteiger partial charge in [-0.15, -0.1) is 0 Å². The zero-order valence-corrected chi connectivity index (χ0v) is 34.0. The topological polar surface area (TPSA) is 462 Å². The maximum Gasteiger partial charge on any atom is 0.326 e. The van der Waals surface area contributed by atoms with Crippen molar-refractivity contribution < 1.29 is 63.6 Å².